The van der Waals surface area contributed by atoms with Crippen molar-refractivity contribution in [1.29, 1.82) is 0 Å². The minimum atomic E-state index is 0.681. The molecule has 3 nitrogen and oxygen atoms in total. The van der Waals surface area contributed by atoms with E-state index < -0.39 is 0 Å². The average Bonchev–Trinajstić information content (AvgIpc) is 2.99. The van der Waals surface area contributed by atoms with Gasteiger partial charge < -0.3 is 10.1 Å². The Kier molecular flexibility index (Phi) is 7.04. The van der Waals surface area contributed by atoms with Gasteiger partial charge in [-0.3, -0.25) is 4.90 Å². The van der Waals surface area contributed by atoms with Crippen LogP contribution in [0.25, 0.3) is 0 Å². The summed E-state index contributed by atoms with van der Waals surface area (Å²) in [4.78, 5) is 2.56. The van der Waals surface area contributed by atoms with Gasteiger partial charge in [-0.2, -0.15) is 0 Å². The molecule has 0 radical (unpaired) electrons. The van der Waals surface area contributed by atoms with E-state index in [1.807, 2.05) is 6.07 Å². The van der Waals surface area contributed by atoms with Crippen LogP contribution in [0.5, 0.6) is 5.75 Å². The maximum Gasteiger partial charge on any atom is 0.122 e. The zero-order valence-corrected chi connectivity index (χ0v) is 13.6. The summed E-state index contributed by atoms with van der Waals surface area (Å²) in [7, 11) is 0. The van der Waals surface area contributed by atoms with Crippen LogP contribution in [-0.4, -0.2) is 43.7 Å². The Morgan fingerprint density at radius 3 is 2.86 bits per heavy atom. The van der Waals surface area contributed by atoms with E-state index in [9.17, 15) is 0 Å². The fourth-order valence-electron chi connectivity index (χ4n) is 2.90. The van der Waals surface area contributed by atoms with Gasteiger partial charge in [0.25, 0.3) is 0 Å². The summed E-state index contributed by atoms with van der Waals surface area (Å²) in [6.07, 6.45) is 5.18. The molecule has 0 amide bonds. The molecule has 3 heteroatoms. The van der Waals surface area contributed by atoms with Gasteiger partial charge in [-0.25, -0.2) is 0 Å². The van der Waals surface area contributed by atoms with E-state index in [-0.39, 0.29) is 0 Å². The number of nitrogens with one attached hydrogen (secondary N) is 1. The fourth-order valence-corrected chi connectivity index (χ4v) is 2.90. The first kappa shape index (κ1) is 16.3. The Bertz CT molecular complexity index is 402. The van der Waals surface area contributed by atoms with E-state index in [0.717, 1.165) is 25.4 Å². The highest BCUT2D eigenvalue weighted by molar-refractivity contribution is 5.31. The van der Waals surface area contributed by atoms with Gasteiger partial charge in [-0.1, -0.05) is 31.5 Å². The normalized spacial score (nSPS) is 18.3. The SMILES string of the molecule is CCCCN(CCOc1ccccc1C)CC1CCCN1. The maximum absolute atomic E-state index is 5.95. The van der Waals surface area contributed by atoms with E-state index in [1.165, 1.54) is 44.3 Å². The number of hydrogen-bond donors (Lipinski definition) is 1. The Labute approximate surface area is 129 Å². The van der Waals surface area contributed by atoms with Crippen molar-refractivity contribution < 1.29 is 4.74 Å². The Balaban J connectivity index is 1.76. The Morgan fingerprint density at radius 2 is 2.14 bits per heavy atom. The van der Waals surface area contributed by atoms with Gasteiger partial charge in [0.05, 0.1) is 0 Å². The zero-order valence-electron chi connectivity index (χ0n) is 13.6. The number of para-hydroxylation sites is 1. The summed E-state index contributed by atoms with van der Waals surface area (Å²) in [5.41, 5.74) is 1.22. The Hall–Kier alpha value is -1.06. The predicted octanol–water partition coefficient (Wildman–Crippen LogP) is 3.23. The van der Waals surface area contributed by atoms with Crippen molar-refractivity contribution in [1.82, 2.24) is 10.2 Å². The van der Waals surface area contributed by atoms with Gasteiger partial charge in [-0.15, -0.1) is 0 Å². The second-order valence-electron chi connectivity index (χ2n) is 6.06. The first-order valence-electron chi connectivity index (χ1n) is 8.43. The molecular weight excluding hydrogens is 260 g/mol. The van der Waals surface area contributed by atoms with Gasteiger partial charge in [0, 0.05) is 19.1 Å². The summed E-state index contributed by atoms with van der Waals surface area (Å²) in [6, 6.07) is 8.94. The smallest absolute Gasteiger partial charge is 0.122 e. The molecule has 1 saturated heterocycles. The number of rotatable bonds is 9. The molecule has 1 aromatic carbocycles. The van der Waals surface area contributed by atoms with Crippen molar-refractivity contribution in [3.8, 4) is 5.75 Å². The molecule has 0 aromatic heterocycles. The fraction of sp³-hybridized carbons (Fsp3) is 0.667. The number of nitrogens with zero attached hydrogens (tertiary/aromatic N) is 1. The van der Waals surface area contributed by atoms with Gasteiger partial charge >= 0.3 is 0 Å². The highest BCUT2D eigenvalue weighted by Crippen LogP contribution is 2.16. The molecule has 1 fully saturated rings. The van der Waals surface area contributed by atoms with Gasteiger partial charge in [0.2, 0.25) is 0 Å². The van der Waals surface area contributed by atoms with Gasteiger partial charge in [0.1, 0.15) is 12.4 Å². The van der Waals surface area contributed by atoms with Crippen molar-refractivity contribution >= 4 is 0 Å². The molecule has 1 aliphatic rings. The first-order chi connectivity index (χ1) is 10.3. The number of ether oxygens (including phenoxy) is 1. The van der Waals surface area contributed by atoms with Crippen LogP contribution < -0.4 is 10.1 Å². The monoisotopic (exact) mass is 290 g/mol. The molecule has 0 spiro atoms. The molecule has 1 atom stereocenters. The lowest BCUT2D eigenvalue weighted by Crippen LogP contribution is -2.40. The Morgan fingerprint density at radius 1 is 1.29 bits per heavy atom. The molecule has 21 heavy (non-hydrogen) atoms. The van der Waals surface area contributed by atoms with E-state index in [4.69, 9.17) is 4.74 Å². The number of benzene rings is 1. The van der Waals surface area contributed by atoms with Crippen molar-refractivity contribution in [2.24, 2.45) is 0 Å². The van der Waals surface area contributed by atoms with E-state index in [2.05, 4.69) is 42.3 Å². The number of aryl methyl sites for hydroxylation is 1. The molecule has 1 aliphatic heterocycles. The minimum absolute atomic E-state index is 0.681. The third-order valence-corrected chi connectivity index (χ3v) is 4.23. The van der Waals surface area contributed by atoms with Crippen LogP contribution in [0.1, 0.15) is 38.2 Å². The second kappa shape index (κ2) is 9.06. The lowest BCUT2D eigenvalue weighted by atomic mass is 10.2. The summed E-state index contributed by atoms with van der Waals surface area (Å²) < 4.78 is 5.95. The van der Waals surface area contributed by atoms with Crippen LogP contribution in [0.2, 0.25) is 0 Å². The summed E-state index contributed by atoms with van der Waals surface area (Å²) in [6.45, 7) is 9.70. The third-order valence-electron chi connectivity index (χ3n) is 4.23. The van der Waals surface area contributed by atoms with Crippen molar-refractivity contribution in [2.45, 2.75) is 45.6 Å². The van der Waals surface area contributed by atoms with Crippen LogP contribution >= 0.6 is 0 Å². The van der Waals surface area contributed by atoms with Crippen LogP contribution in [0.4, 0.5) is 0 Å². The summed E-state index contributed by atoms with van der Waals surface area (Å²) in [5, 5.41) is 3.60. The molecule has 0 saturated carbocycles. The summed E-state index contributed by atoms with van der Waals surface area (Å²) >= 11 is 0. The van der Waals surface area contributed by atoms with E-state index in [0.29, 0.717) is 6.04 Å². The summed E-state index contributed by atoms with van der Waals surface area (Å²) in [5.74, 6) is 1.02. The largest absolute Gasteiger partial charge is 0.492 e. The molecule has 118 valence electrons. The zero-order chi connectivity index (χ0) is 14.9. The number of unbranched alkanes of at least 4 members (excludes halogenated alkanes) is 1. The topological polar surface area (TPSA) is 24.5 Å². The maximum atomic E-state index is 5.95. The molecule has 0 aliphatic carbocycles. The van der Waals surface area contributed by atoms with Gasteiger partial charge in [-0.05, 0) is 50.9 Å². The molecule has 1 aromatic rings. The number of hydrogen-bond acceptors (Lipinski definition) is 3. The van der Waals surface area contributed by atoms with Crippen LogP contribution in [0.15, 0.2) is 24.3 Å². The quantitative estimate of drug-likeness (QED) is 0.755. The molecule has 1 heterocycles. The lowest BCUT2D eigenvalue weighted by Gasteiger charge is -2.25. The van der Waals surface area contributed by atoms with Crippen LogP contribution in [-0.2, 0) is 0 Å². The molecule has 1 unspecified atom stereocenters. The molecule has 2 rings (SSSR count). The third kappa shape index (κ3) is 5.68. The van der Waals surface area contributed by atoms with Crippen LogP contribution in [0, 0.1) is 6.92 Å². The van der Waals surface area contributed by atoms with Crippen molar-refractivity contribution in [3.05, 3.63) is 29.8 Å². The van der Waals surface area contributed by atoms with E-state index in [1.54, 1.807) is 0 Å². The van der Waals surface area contributed by atoms with E-state index >= 15 is 0 Å². The van der Waals surface area contributed by atoms with Crippen molar-refractivity contribution in [3.63, 3.8) is 0 Å². The molecule has 0 bridgehead atoms. The first-order valence-corrected chi connectivity index (χ1v) is 8.43. The second-order valence-corrected chi connectivity index (χ2v) is 6.06. The highest BCUT2D eigenvalue weighted by atomic mass is 16.5. The average molecular weight is 290 g/mol. The highest BCUT2D eigenvalue weighted by Gasteiger charge is 2.17. The minimum Gasteiger partial charge on any atom is -0.492 e. The molecular formula is C18H30N2O. The lowest BCUT2D eigenvalue weighted by molar-refractivity contribution is 0.193. The van der Waals surface area contributed by atoms with Crippen LogP contribution in [0.3, 0.4) is 0 Å². The predicted molar refractivity (Wildman–Crippen MR) is 89.0 cm³/mol. The molecule has 1 N–H and O–H groups in total. The van der Waals surface area contributed by atoms with Gasteiger partial charge in [0.15, 0.2) is 0 Å². The van der Waals surface area contributed by atoms with Crippen molar-refractivity contribution in [2.75, 3.05) is 32.8 Å². The standard InChI is InChI=1S/C18H30N2O/c1-3-4-12-20(15-17-9-7-11-19-17)13-14-21-18-10-6-5-8-16(18)2/h5-6,8,10,17,19H,3-4,7,9,11-15H2,1-2H3.